The van der Waals surface area contributed by atoms with Crippen LogP contribution in [0, 0.1) is 5.92 Å². The fourth-order valence-corrected chi connectivity index (χ4v) is 1.58. The topological polar surface area (TPSA) is 18.5 Å². The van der Waals surface area contributed by atoms with Gasteiger partial charge in [0.2, 0.25) is 6.79 Å². The summed E-state index contributed by atoms with van der Waals surface area (Å²) in [7, 11) is 0. The Morgan fingerprint density at radius 2 is 2.14 bits per heavy atom. The van der Waals surface area contributed by atoms with Gasteiger partial charge in [-0.3, -0.25) is 0 Å². The van der Waals surface area contributed by atoms with Crippen molar-refractivity contribution in [2.45, 2.75) is 26.7 Å². The quantitative estimate of drug-likeness (QED) is 0.669. The Kier molecular flexibility index (Phi) is 2.62. The maximum atomic E-state index is 5.34. The van der Waals surface area contributed by atoms with Gasteiger partial charge in [-0.05, 0) is 24.0 Å². The highest BCUT2D eigenvalue weighted by Crippen LogP contribution is 2.30. The van der Waals surface area contributed by atoms with E-state index in [-0.39, 0.29) is 0 Å². The molecule has 2 rings (SSSR count). The van der Waals surface area contributed by atoms with E-state index in [1.54, 1.807) is 0 Å². The zero-order valence-electron chi connectivity index (χ0n) is 8.75. The van der Waals surface area contributed by atoms with Crippen molar-refractivity contribution in [3.63, 3.8) is 0 Å². The Morgan fingerprint density at radius 3 is 2.93 bits per heavy atom. The van der Waals surface area contributed by atoms with E-state index >= 15 is 0 Å². The lowest BCUT2D eigenvalue weighted by atomic mass is 10.0. The highest BCUT2D eigenvalue weighted by Gasteiger charge is 2.19. The highest BCUT2D eigenvalue weighted by molar-refractivity contribution is 5.34. The molecule has 76 valence electrons. The summed E-state index contributed by atoms with van der Waals surface area (Å²) >= 11 is 0. The van der Waals surface area contributed by atoms with Crippen LogP contribution in [0.2, 0.25) is 0 Å². The smallest absolute Gasteiger partial charge is 0.230 e. The normalized spacial score (nSPS) is 20.9. The van der Waals surface area contributed by atoms with Crippen LogP contribution in [0.3, 0.4) is 0 Å². The second-order valence-electron chi connectivity index (χ2n) is 4.02. The van der Waals surface area contributed by atoms with E-state index in [0.29, 0.717) is 12.7 Å². The fourth-order valence-electron chi connectivity index (χ4n) is 1.58. The molecular formula is C12H16O2. The van der Waals surface area contributed by atoms with Gasteiger partial charge in [0.15, 0.2) is 5.76 Å². The Labute approximate surface area is 84.9 Å². The van der Waals surface area contributed by atoms with Crippen molar-refractivity contribution in [3.8, 4) is 0 Å². The molecule has 0 bridgehead atoms. The van der Waals surface area contributed by atoms with Gasteiger partial charge < -0.3 is 9.47 Å². The maximum absolute atomic E-state index is 5.34. The van der Waals surface area contributed by atoms with Crippen LogP contribution >= 0.6 is 0 Å². The van der Waals surface area contributed by atoms with Gasteiger partial charge in [-0.2, -0.15) is 0 Å². The molecule has 0 aromatic rings. The maximum Gasteiger partial charge on any atom is 0.230 e. The molecule has 0 atom stereocenters. The van der Waals surface area contributed by atoms with Crippen molar-refractivity contribution in [1.82, 2.24) is 0 Å². The molecule has 2 aliphatic rings. The molecule has 2 nitrogen and oxygen atoms in total. The molecule has 0 aromatic carbocycles. The highest BCUT2D eigenvalue weighted by atomic mass is 16.7. The molecule has 0 unspecified atom stereocenters. The van der Waals surface area contributed by atoms with Crippen molar-refractivity contribution >= 4 is 0 Å². The Morgan fingerprint density at radius 1 is 1.29 bits per heavy atom. The SMILES string of the molecule is CC(C)/C=C/C1=CC2=C(CC1)OCO2. The first-order valence-electron chi connectivity index (χ1n) is 5.13. The molecule has 0 aromatic heterocycles. The Hall–Kier alpha value is -1.18. The molecule has 2 heteroatoms. The molecule has 1 aliphatic heterocycles. The monoisotopic (exact) mass is 192 g/mol. The largest absolute Gasteiger partial charge is 0.458 e. The second-order valence-corrected chi connectivity index (χ2v) is 4.02. The molecule has 1 aliphatic carbocycles. The van der Waals surface area contributed by atoms with Gasteiger partial charge in [0.25, 0.3) is 0 Å². The molecule has 14 heavy (non-hydrogen) atoms. The number of hydrogen-bond acceptors (Lipinski definition) is 2. The van der Waals surface area contributed by atoms with E-state index in [4.69, 9.17) is 9.47 Å². The summed E-state index contributed by atoms with van der Waals surface area (Å²) < 4.78 is 10.7. The van der Waals surface area contributed by atoms with E-state index in [1.165, 1.54) is 5.57 Å². The molecule has 0 amide bonds. The van der Waals surface area contributed by atoms with Gasteiger partial charge in [-0.15, -0.1) is 0 Å². The van der Waals surface area contributed by atoms with Crippen LogP contribution in [-0.2, 0) is 9.47 Å². The summed E-state index contributed by atoms with van der Waals surface area (Å²) in [6, 6.07) is 0. The lowest BCUT2D eigenvalue weighted by molar-refractivity contribution is 0.0729. The summed E-state index contributed by atoms with van der Waals surface area (Å²) in [6.45, 7) is 4.75. The first-order chi connectivity index (χ1) is 6.75. The number of ether oxygens (including phenoxy) is 2. The van der Waals surface area contributed by atoms with Gasteiger partial charge in [0.05, 0.1) is 0 Å². The lowest BCUT2D eigenvalue weighted by Crippen LogP contribution is -1.95. The minimum atomic E-state index is 0.391. The van der Waals surface area contributed by atoms with Gasteiger partial charge in [0, 0.05) is 6.42 Å². The van der Waals surface area contributed by atoms with Gasteiger partial charge in [0.1, 0.15) is 5.76 Å². The number of allylic oxidation sites excluding steroid dienone is 5. The van der Waals surface area contributed by atoms with E-state index in [1.807, 2.05) is 0 Å². The van der Waals surface area contributed by atoms with Crippen LogP contribution < -0.4 is 0 Å². The fraction of sp³-hybridized carbons (Fsp3) is 0.500. The molecule has 0 saturated heterocycles. The van der Waals surface area contributed by atoms with E-state index in [2.05, 4.69) is 32.1 Å². The lowest BCUT2D eigenvalue weighted by Gasteiger charge is -2.09. The third kappa shape index (κ3) is 2.00. The second kappa shape index (κ2) is 3.91. The van der Waals surface area contributed by atoms with E-state index in [0.717, 1.165) is 24.4 Å². The van der Waals surface area contributed by atoms with Gasteiger partial charge >= 0.3 is 0 Å². The van der Waals surface area contributed by atoms with Crippen LogP contribution in [0.25, 0.3) is 0 Å². The Bertz CT molecular complexity index is 308. The van der Waals surface area contributed by atoms with E-state index < -0.39 is 0 Å². The van der Waals surface area contributed by atoms with Gasteiger partial charge in [-0.25, -0.2) is 0 Å². The first-order valence-corrected chi connectivity index (χ1v) is 5.13. The predicted molar refractivity (Wildman–Crippen MR) is 55.4 cm³/mol. The van der Waals surface area contributed by atoms with Crippen LogP contribution in [0.15, 0.2) is 35.3 Å². The molecule has 0 fully saturated rings. The summed E-state index contributed by atoms with van der Waals surface area (Å²) in [5, 5.41) is 0. The Balaban J connectivity index is 2.08. The summed E-state index contributed by atoms with van der Waals surface area (Å²) in [6.07, 6.45) is 8.53. The van der Waals surface area contributed by atoms with Gasteiger partial charge in [-0.1, -0.05) is 26.0 Å². The minimum absolute atomic E-state index is 0.391. The average Bonchev–Trinajstić information content (AvgIpc) is 2.61. The number of hydrogen-bond donors (Lipinski definition) is 0. The molecule has 0 radical (unpaired) electrons. The van der Waals surface area contributed by atoms with Crippen LogP contribution in [0.5, 0.6) is 0 Å². The van der Waals surface area contributed by atoms with Crippen molar-refractivity contribution in [2.24, 2.45) is 5.92 Å². The molecule has 0 N–H and O–H groups in total. The van der Waals surface area contributed by atoms with Crippen molar-refractivity contribution in [1.29, 1.82) is 0 Å². The van der Waals surface area contributed by atoms with Crippen LogP contribution in [0.1, 0.15) is 26.7 Å². The van der Waals surface area contributed by atoms with Crippen LogP contribution in [-0.4, -0.2) is 6.79 Å². The zero-order chi connectivity index (χ0) is 9.97. The molecule has 1 heterocycles. The van der Waals surface area contributed by atoms with Crippen LogP contribution in [0.4, 0.5) is 0 Å². The average molecular weight is 192 g/mol. The third-order valence-electron chi connectivity index (χ3n) is 2.37. The molecular weight excluding hydrogens is 176 g/mol. The van der Waals surface area contributed by atoms with E-state index in [9.17, 15) is 0 Å². The van der Waals surface area contributed by atoms with Crippen molar-refractivity contribution in [3.05, 3.63) is 35.3 Å². The minimum Gasteiger partial charge on any atom is -0.458 e. The van der Waals surface area contributed by atoms with Crippen molar-refractivity contribution in [2.75, 3.05) is 6.79 Å². The summed E-state index contributed by atoms with van der Waals surface area (Å²) in [5.41, 5.74) is 1.34. The number of rotatable bonds is 2. The standard InChI is InChI=1S/C12H16O2/c1-9(2)3-4-10-5-6-11-12(7-10)14-8-13-11/h3-4,7,9H,5-6,8H2,1-2H3/b4-3+. The predicted octanol–water partition coefficient (Wildman–Crippen LogP) is 3.13. The molecule has 0 saturated carbocycles. The third-order valence-corrected chi connectivity index (χ3v) is 2.37. The first kappa shape index (κ1) is 9.38. The molecule has 0 spiro atoms. The summed E-state index contributed by atoms with van der Waals surface area (Å²) in [4.78, 5) is 0. The summed E-state index contributed by atoms with van der Waals surface area (Å²) in [5.74, 6) is 2.55. The zero-order valence-corrected chi connectivity index (χ0v) is 8.75. The van der Waals surface area contributed by atoms with Crippen molar-refractivity contribution < 1.29 is 9.47 Å².